The number of aromatic nitrogens is 4. The van der Waals surface area contributed by atoms with E-state index < -0.39 is 5.97 Å². The lowest BCUT2D eigenvalue weighted by atomic mass is 9.99. The lowest BCUT2D eigenvalue weighted by molar-refractivity contribution is 0.0696. The predicted octanol–water partition coefficient (Wildman–Crippen LogP) is 23.2. The monoisotopic (exact) mass is 1070 g/mol. The van der Waals surface area contributed by atoms with E-state index in [0.717, 1.165) is 54.9 Å². The lowest BCUT2D eigenvalue weighted by Crippen LogP contribution is -2.01. The molecular weight excluding hydrogens is 953 g/mol. The second-order valence-electron chi connectivity index (χ2n) is 23.9. The van der Waals surface area contributed by atoms with Gasteiger partial charge in [0.2, 0.25) is 0 Å². The molecule has 0 spiro atoms. The number of rotatable bonds is 52. The molecule has 1 N–H and O–H groups in total. The average Bonchev–Trinajstić information content (AvgIpc) is 3.51. The van der Waals surface area contributed by atoms with Crippen molar-refractivity contribution in [1.29, 1.82) is 0 Å². The Kier molecular flexibility index (Phi) is 39.1. The average molecular weight is 1070 g/mol. The van der Waals surface area contributed by atoms with Crippen LogP contribution in [0.2, 0.25) is 0 Å². The number of carboxylic acids is 1. The van der Waals surface area contributed by atoms with Gasteiger partial charge in [0.15, 0.2) is 0 Å². The molecule has 436 valence electrons. The van der Waals surface area contributed by atoms with Gasteiger partial charge in [-0.15, -0.1) is 0 Å². The minimum absolute atomic E-state index is 0.220. The van der Waals surface area contributed by atoms with Crippen LogP contribution in [0.3, 0.4) is 0 Å². The summed E-state index contributed by atoms with van der Waals surface area (Å²) in [7, 11) is 0. The van der Waals surface area contributed by atoms with Crippen LogP contribution in [0.4, 0.5) is 0 Å². The van der Waals surface area contributed by atoms with Gasteiger partial charge in [-0.3, -0.25) is 9.97 Å². The van der Waals surface area contributed by atoms with Crippen LogP contribution in [0.1, 0.15) is 337 Å². The molecule has 4 aromatic heterocycles. The van der Waals surface area contributed by atoms with Crippen molar-refractivity contribution in [2.75, 3.05) is 0 Å². The van der Waals surface area contributed by atoms with Crippen molar-refractivity contribution in [2.45, 2.75) is 329 Å². The number of carbonyl (C=O) groups is 1. The fourth-order valence-corrected chi connectivity index (χ4v) is 11.6. The SMILES string of the molecule is CCCCCCCCCCCCCCCCCCCc1ccnc(-c2cc(CCCCCCCCCCCCCCCC)cc(-c3cc(CCCCCCCCCCCCCCCC)cc(-c4cc(C(=O)O)ccn4)n3)n2)c1. The van der Waals surface area contributed by atoms with E-state index in [1.54, 1.807) is 18.3 Å². The smallest absolute Gasteiger partial charge is 0.335 e. The van der Waals surface area contributed by atoms with Crippen LogP contribution >= 0.6 is 0 Å². The largest absolute Gasteiger partial charge is 0.478 e. The van der Waals surface area contributed by atoms with Crippen molar-refractivity contribution in [3.8, 4) is 34.2 Å². The van der Waals surface area contributed by atoms with Crippen LogP contribution in [0.25, 0.3) is 34.2 Å². The Balaban J connectivity index is 1.38. The molecule has 0 saturated heterocycles. The minimum atomic E-state index is -0.959. The molecule has 0 aliphatic heterocycles. The molecule has 4 rings (SSSR count). The minimum Gasteiger partial charge on any atom is -0.478 e. The summed E-state index contributed by atoms with van der Waals surface area (Å²) in [6.45, 7) is 6.89. The third-order valence-corrected chi connectivity index (χ3v) is 16.6. The molecule has 4 heterocycles. The second-order valence-corrected chi connectivity index (χ2v) is 23.9. The van der Waals surface area contributed by atoms with Gasteiger partial charge < -0.3 is 5.11 Å². The van der Waals surface area contributed by atoms with E-state index in [-0.39, 0.29) is 5.56 Å². The molecule has 0 aliphatic rings. The van der Waals surface area contributed by atoms with E-state index in [1.165, 1.54) is 293 Å². The number of hydrogen-bond acceptors (Lipinski definition) is 5. The van der Waals surface area contributed by atoms with Gasteiger partial charge in [0, 0.05) is 12.4 Å². The summed E-state index contributed by atoms with van der Waals surface area (Å²) in [4.78, 5) is 32.3. The van der Waals surface area contributed by atoms with Crippen LogP contribution in [0.5, 0.6) is 0 Å². The Hall–Kier alpha value is -3.93. The fraction of sp³-hybridized carbons (Fsp3) is 0.708. The van der Waals surface area contributed by atoms with Crippen molar-refractivity contribution in [2.24, 2.45) is 0 Å². The van der Waals surface area contributed by atoms with E-state index in [1.807, 2.05) is 6.20 Å². The first-order valence-corrected chi connectivity index (χ1v) is 33.7. The summed E-state index contributed by atoms with van der Waals surface area (Å²) in [6, 6.07) is 16.6. The van der Waals surface area contributed by atoms with Gasteiger partial charge in [0.05, 0.1) is 39.7 Å². The van der Waals surface area contributed by atoms with Gasteiger partial charge in [0.1, 0.15) is 0 Å². The van der Waals surface area contributed by atoms with E-state index in [2.05, 4.69) is 62.2 Å². The molecule has 0 radical (unpaired) electrons. The highest BCUT2D eigenvalue weighted by atomic mass is 16.4. The molecule has 0 amide bonds. The molecule has 0 fully saturated rings. The Bertz CT molecular complexity index is 2080. The molecule has 0 unspecified atom stereocenters. The molecular formula is C72H116N4O2. The maximum Gasteiger partial charge on any atom is 0.335 e. The highest BCUT2D eigenvalue weighted by molar-refractivity contribution is 5.88. The maximum absolute atomic E-state index is 12.1. The zero-order valence-electron chi connectivity index (χ0n) is 50.9. The molecule has 0 aromatic carbocycles. The first-order chi connectivity index (χ1) is 38.5. The van der Waals surface area contributed by atoms with Crippen LogP contribution in [0.15, 0.2) is 60.9 Å². The predicted molar refractivity (Wildman–Crippen MR) is 337 cm³/mol. The number of pyridine rings is 4. The zero-order chi connectivity index (χ0) is 55.2. The normalized spacial score (nSPS) is 11.5. The Labute approximate surface area is 479 Å². The number of hydrogen-bond donors (Lipinski definition) is 1. The van der Waals surface area contributed by atoms with Crippen molar-refractivity contribution in [3.05, 3.63) is 83.2 Å². The van der Waals surface area contributed by atoms with Crippen LogP contribution in [-0.4, -0.2) is 31.0 Å². The zero-order valence-corrected chi connectivity index (χ0v) is 50.9. The van der Waals surface area contributed by atoms with Gasteiger partial charge in [-0.1, -0.05) is 290 Å². The molecule has 0 atom stereocenters. The topological polar surface area (TPSA) is 88.9 Å². The molecule has 0 aliphatic carbocycles. The van der Waals surface area contributed by atoms with E-state index in [0.29, 0.717) is 11.4 Å². The molecule has 4 aromatic rings. The molecule has 0 bridgehead atoms. The van der Waals surface area contributed by atoms with Crippen molar-refractivity contribution in [3.63, 3.8) is 0 Å². The van der Waals surface area contributed by atoms with Gasteiger partial charge >= 0.3 is 5.97 Å². The van der Waals surface area contributed by atoms with Crippen LogP contribution in [0, 0.1) is 0 Å². The summed E-state index contributed by atoms with van der Waals surface area (Å²) in [5.74, 6) is -0.959. The standard InChI is InChI=1S/C72H116N4O2/c1-4-7-10-13-16-19-22-25-28-29-30-33-34-37-40-43-46-49-62-52-54-73-66(56-62)68-57-63(50-47-44-41-38-35-31-26-23-20-17-14-11-8-5-2)59-70(75-68)71-60-64(58-69(76-71)67-61-65(72(77)78)53-55-74-67)51-48-45-42-39-36-32-27-24-21-18-15-12-9-6-3/h52-61H,4-51H2,1-3H3,(H,77,78). The summed E-state index contributed by atoms with van der Waals surface area (Å²) >= 11 is 0. The quantitative estimate of drug-likeness (QED) is 0.0443. The van der Waals surface area contributed by atoms with Gasteiger partial charge in [-0.05, 0) is 104 Å². The molecule has 6 nitrogen and oxygen atoms in total. The van der Waals surface area contributed by atoms with E-state index >= 15 is 0 Å². The second kappa shape index (κ2) is 45.8. The van der Waals surface area contributed by atoms with Gasteiger partial charge in [-0.2, -0.15) is 0 Å². The van der Waals surface area contributed by atoms with Crippen LogP contribution < -0.4 is 0 Å². The first-order valence-electron chi connectivity index (χ1n) is 33.7. The number of carboxylic acid groups (broad SMARTS) is 1. The van der Waals surface area contributed by atoms with Crippen LogP contribution in [-0.2, 0) is 19.3 Å². The van der Waals surface area contributed by atoms with Gasteiger partial charge in [-0.25, -0.2) is 14.8 Å². The Morgan fingerprint density at radius 1 is 0.295 bits per heavy atom. The fourth-order valence-electron chi connectivity index (χ4n) is 11.6. The Morgan fingerprint density at radius 2 is 0.526 bits per heavy atom. The number of aromatic carboxylic acids is 1. The summed E-state index contributed by atoms with van der Waals surface area (Å²) in [5, 5.41) is 9.92. The van der Waals surface area contributed by atoms with Crippen molar-refractivity contribution < 1.29 is 9.90 Å². The molecule has 78 heavy (non-hydrogen) atoms. The number of unbranched alkanes of at least 4 members (excludes halogenated alkanes) is 42. The van der Waals surface area contributed by atoms with E-state index in [4.69, 9.17) is 15.0 Å². The molecule has 6 heteroatoms. The summed E-state index contributed by atoms with van der Waals surface area (Å²) in [6.07, 6.45) is 67.8. The summed E-state index contributed by atoms with van der Waals surface area (Å²) in [5.41, 5.74) is 8.82. The third-order valence-electron chi connectivity index (χ3n) is 16.6. The highest BCUT2D eigenvalue weighted by Gasteiger charge is 2.15. The lowest BCUT2D eigenvalue weighted by Gasteiger charge is -2.13. The maximum atomic E-state index is 12.1. The Morgan fingerprint density at radius 3 is 0.821 bits per heavy atom. The van der Waals surface area contributed by atoms with Crippen molar-refractivity contribution in [1.82, 2.24) is 19.9 Å². The molecule has 0 saturated carbocycles. The van der Waals surface area contributed by atoms with Gasteiger partial charge in [0.25, 0.3) is 0 Å². The van der Waals surface area contributed by atoms with E-state index in [9.17, 15) is 9.90 Å². The first kappa shape index (κ1) is 66.6. The highest BCUT2D eigenvalue weighted by Crippen LogP contribution is 2.30. The van der Waals surface area contributed by atoms with Crippen molar-refractivity contribution >= 4 is 5.97 Å². The summed E-state index contributed by atoms with van der Waals surface area (Å²) < 4.78 is 0. The number of aryl methyl sites for hydroxylation is 3. The third kappa shape index (κ3) is 31.8. The number of nitrogens with zero attached hydrogens (tertiary/aromatic N) is 4.